The molecule has 0 spiro atoms. The molecule has 4 heteroatoms. The van der Waals surface area contributed by atoms with Crippen molar-refractivity contribution in [2.75, 3.05) is 12.3 Å². The van der Waals surface area contributed by atoms with E-state index in [4.69, 9.17) is 5.73 Å². The minimum absolute atomic E-state index is 0.228. The van der Waals surface area contributed by atoms with Crippen molar-refractivity contribution in [2.24, 2.45) is 5.73 Å². The van der Waals surface area contributed by atoms with Crippen molar-refractivity contribution in [3.63, 3.8) is 0 Å². The van der Waals surface area contributed by atoms with Crippen molar-refractivity contribution in [2.45, 2.75) is 31.9 Å². The molecule has 0 bridgehead atoms. The molecule has 2 N–H and O–H groups in total. The van der Waals surface area contributed by atoms with Crippen LogP contribution in [0.25, 0.3) is 0 Å². The van der Waals surface area contributed by atoms with Gasteiger partial charge in [0.05, 0.1) is 11.0 Å². The Balaban J connectivity index is 4.01. The van der Waals surface area contributed by atoms with Crippen LogP contribution in [0, 0.1) is 0 Å². The maximum atomic E-state index is 11.2. The number of hydrogen-bond acceptors (Lipinski definition) is 3. The van der Waals surface area contributed by atoms with E-state index in [9.17, 15) is 8.42 Å². The zero-order chi connectivity index (χ0) is 8.91. The highest BCUT2D eigenvalue weighted by molar-refractivity contribution is 7.92. The zero-order valence-electron chi connectivity index (χ0n) is 7.21. The van der Waals surface area contributed by atoms with Crippen molar-refractivity contribution in [1.82, 2.24) is 0 Å². The highest BCUT2D eigenvalue weighted by atomic mass is 32.2. The topological polar surface area (TPSA) is 60.2 Å². The summed E-state index contributed by atoms with van der Waals surface area (Å²) in [5, 5.41) is -0.381. The summed E-state index contributed by atoms with van der Waals surface area (Å²) in [5.41, 5.74) is 5.25. The lowest BCUT2D eigenvalue weighted by Gasteiger charge is -2.08. The SMILES string of the molecule is CCCCS(=O)(=O)C(C)CN. The van der Waals surface area contributed by atoms with Crippen LogP contribution in [0.15, 0.2) is 0 Å². The van der Waals surface area contributed by atoms with Crippen LogP contribution < -0.4 is 5.73 Å². The Morgan fingerprint density at radius 2 is 2.00 bits per heavy atom. The fourth-order valence-corrected chi connectivity index (χ4v) is 2.08. The quantitative estimate of drug-likeness (QED) is 0.670. The minimum atomic E-state index is -2.90. The average Bonchev–Trinajstić information content (AvgIpc) is 1.99. The fourth-order valence-electron chi connectivity index (χ4n) is 0.693. The van der Waals surface area contributed by atoms with Gasteiger partial charge >= 0.3 is 0 Å². The first-order valence-corrected chi connectivity index (χ1v) is 5.67. The van der Waals surface area contributed by atoms with Gasteiger partial charge in [-0.05, 0) is 13.3 Å². The molecule has 0 fully saturated rings. The van der Waals surface area contributed by atoms with Crippen LogP contribution in [0.2, 0.25) is 0 Å². The molecular formula is C7H17NO2S. The van der Waals surface area contributed by atoms with E-state index >= 15 is 0 Å². The van der Waals surface area contributed by atoms with Gasteiger partial charge in [-0.1, -0.05) is 13.3 Å². The first-order valence-electron chi connectivity index (χ1n) is 3.96. The summed E-state index contributed by atoms with van der Waals surface area (Å²) in [5.74, 6) is 0.280. The molecule has 3 nitrogen and oxygen atoms in total. The maximum absolute atomic E-state index is 11.2. The van der Waals surface area contributed by atoms with E-state index in [0.29, 0.717) is 0 Å². The van der Waals surface area contributed by atoms with Crippen LogP contribution in [0.1, 0.15) is 26.7 Å². The monoisotopic (exact) mass is 179 g/mol. The summed E-state index contributed by atoms with van der Waals surface area (Å²) in [4.78, 5) is 0. The molecule has 0 rings (SSSR count). The summed E-state index contributed by atoms with van der Waals surface area (Å²) in [6.45, 7) is 3.86. The molecule has 0 saturated carbocycles. The van der Waals surface area contributed by atoms with E-state index < -0.39 is 9.84 Å². The van der Waals surface area contributed by atoms with E-state index in [1.54, 1.807) is 6.92 Å². The number of rotatable bonds is 5. The van der Waals surface area contributed by atoms with Crippen LogP contribution in [0.3, 0.4) is 0 Å². The molecule has 0 aromatic rings. The molecule has 68 valence electrons. The summed E-state index contributed by atoms with van der Waals surface area (Å²) < 4.78 is 22.5. The van der Waals surface area contributed by atoms with Crippen molar-refractivity contribution in [3.8, 4) is 0 Å². The highest BCUT2D eigenvalue weighted by Crippen LogP contribution is 2.03. The Morgan fingerprint density at radius 3 is 2.36 bits per heavy atom. The van der Waals surface area contributed by atoms with Gasteiger partial charge in [0, 0.05) is 6.54 Å². The molecule has 0 aromatic carbocycles. The summed E-state index contributed by atoms with van der Waals surface area (Å²) >= 11 is 0. The Morgan fingerprint density at radius 1 is 1.45 bits per heavy atom. The number of nitrogens with two attached hydrogens (primary N) is 1. The zero-order valence-corrected chi connectivity index (χ0v) is 8.02. The van der Waals surface area contributed by atoms with Crippen molar-refractivity contribution in [3.05, 3.63) is 0 Å². The third kappa shape index (κ3) is 3.72. The second-order valence-corrected chi connectivity index (χ2v) is 5.31. The van der Waals surface area contributed by atoms with E-state index in [0.717, 1.165) is 12.8 Å². The molecule has 0 radical (unpaired) electrons. The summed E-state index contributed by atoms with van der Waals surface area (Å²) in [6.07, 6.45) is 1.66. The van der Waals surface area contributed by atoms with Gasteiger partial charge in [0.25, 0.3) is 0 Å². The van der Waals surface area contributed by atoms with Gasteiger partial charge in [-0.15, -0.1) is 0 Å². The van der Waals surface area contributed by atoms with Gasteiger partial charge in [0.1, 0.15) is 0 Å². The molecule has 1 unspecified atom stereocenters. The minimum Gasteiger partial charge on any atom is -0.329 e. The molecule has 0 heterocycles. The maximum Gasteiger partial charge on any atom is 0.154 e. The van der Waals surface area contributed by atoms with Gasteiger partial charge in [0.15, 0.2) is 9.84 Å². The normalized spacial score (nSPS) is 14.8. The molecule has 1 atom stereocenters. The van der Waals surface area contributed by atoms with E-state index in [1.165, 1.54) is 0 Å². The van der Waals surface area contributed by atoms with Crippen LogP contribution in [0.5, 0.6) is 0 Å². The Labute approximate surface area is 68.9 Å². The first-order chi connectivity index (χ1) is 5.04. The highest BCUT2D eigenvalue weighted by Gasteiger charge is 2.17. The predicted octanol–water partition coefficient (Wildman–Crippen LogP) is 0.549. The van der Waals surface area contributed by atoms with Gasteiger partial charge in [-0.25, -0.2) is 8.42 Å². The van der Waals surface area contributed by atoms with Crippen molar-refractivity contribution >= 4 is 9.84 Å². The van der Waals surface area contributed by atoms with E-state index in [1.807, 2.05) is 6.92 Å². The van der Waals surface area contributed by atoms with Crippen LogP contribution in [0.4, 0.5) is 0 Å². The first kappa shape index (κ1) is 10.9. The van der Waals surface area contributed by atoms with E-state index in [-0.39, 0.29) is 17.5 Å². The van der Waals surface area contributed by atoms with Crippen LogP contribution in [-0.2, 0) is 9.84 Å². The molecule has 0 aromatic heterocycles. The van der Waals surface area contributed by atoms with Gasteiger partial charge in [-0.2, -0.15) is 0 Å². The standard InChI is InChI=1S/C7H17NO2S/c1-3-4-5-11(9,10)7(2)6-8/h7H,3-6,8H2,1-2H3. The summed E-state index contributed by atoms with van der Waals surface area (Å²) in [7, 11) is -2.90. The lowest BCUT2D eigenvalue weighted by molar-refractivity contribution is 0.580. The van der Waals surface area contributed by atoms with Gasteiger partial charge in [0.2, 0.25) is 0 Å². The molecule has 0 saturated heterocycles. The van der Waals surface area contributed by atoms with Crippen molar-refractivity contribution in [1.29, 1.82) is 0 Å². The van der Waals surface area contributed by atoms with Crippen LogP contribution >= 0.6 is 0 Å². The largest absolute Gasteiger partial charge is 0.329 e. The molecule has 0 aliphatic heterocycles. The second kappa shape index (κ2) is 4.72. The lowest BCUT2D eigenvalue weighted by atomic mass is 10.4. The van der Waals surface area contributed by atoms with E-state index in [2.05, 4.69) is 0 Å². The molecule has 0 aliphatic carbocycles. The van der Waals surface area contributed by atoms with Gasteiger partial charge < -0.3 is 5.73 Å². The summed E-state index contributed by atoms with van der Waals surface area (Å²) in [6, 6.07) is 0. The smallest absolute Gasteiger partial charge is 0.154 e. The predicted molar refractivity (Wildman–Crippen MR) is 47.2 cm³/mol. The molecule has 0 aliphatic rings. The Hall–Kier alpha value is -0.0900. The van der Waals surface area contributed by atoms with Gasteiger partial charge in [-0.3, -0.25) is 0 Å². The molecule has 11 heavy (non-hydrogen) atoms. The van der Waals surface area contributed by atoms with Crippen molar-refractivity contribution < 1.29 is 8.42 Å². The number of hydrogen-bond donors (Lipinski definition) is 1. The fraction of sp³-hybridized carbons (Fsp3) is 1.00. The van der Waals surface area contributed by atoms with Crippen LogP contribution in [-0.4, -0.2) is 26.0 Å². The lowest BCUT2D eigenvalue weighted by Crippen LogP contribution is -2.28. The second-order valence-electron chi connectivity index (χ2n) is 2.77. The Kier molecular flexibility index (Phi) is 4.68. The average molecular weight is 179 g/mol. The Bertz CT molecular complexity index is 187. The molecule has 0 amide bonds. The third-order valence-electron chi connectivity index (χ3n) is 1.73. The number of unbranched alkanes of at least 4 members (excludes halogenated alkanes) is 1. The molecular weight excluding hydrogens is 162 g/mol. The third-order valence-corrected chi connectivity index (χ3v) is 4.00. The number of sulfone groups is 1.